The van der Waals surface area contributed by atoms with Crippen molar-refractivity contribution in [3.05, 3.63) is 304 Å². The van der Waals surface area contributed by atoms with Crippen LogP contribution >= 0.6 is 0 Å². The second kappa shape index (κ2) is 20.2. The van der Waals surface area contributed by atoms with Crippen LogP contribution in [0.25, 0.3) is 178 Å². The van der Waals surface area contributed by atoms with Crippen LogP contribution in [0.2, 0.25) is 0 Å². The zero-order valence-corrected chi connectivity index (χ0v) is 46.7. The predicted octanol–water partition coefficient (Wildman–Crippen LogP) is 21.5. The van der Waals surface area contributed by atoms with Gasteiger partial charge in [-0.1, -0.05) is 249 Å². The van der Waals surface area contributed by atoms with Crippen LogP contribution in [0.4, 0.5) is 0 Å². The summed E-state index contributed by atoms with van der Waals surface area (Å²) >= 11 is 0. The number of rotatable bonds is 10. The number of hydrogen-bond acceptors (Lipinski definition) is 4. The summed E-state index contributed by atoms with van der Waals surface area (Å²) in [6.07, 6.45) is 3.80. The van der Waals surface area contributed by atoms with Gasteiger partial charge in [-0.2, -0.15) is 0 Å². The Morgan fingerprint density at radius 1 is 0.198 bits per heavy atom. The summed E-state index contributed by atoms with van der Waals surface area (Å²) in [6, 6.07) is 105. The Hall–Kier alpha value is -11.5. The fourth-order valence-corrected chi connectivity index (χ4v) is 13.2. The molecule has 0 N–H and O–H groups in total. The van der Waals surface area contributed by atoms with Crippen molar-refractivity contribution in [1.29, 1.82) is 0 Å². The van der Waals surface area contributed by atoms with E-state index >= 15 is 0 Å². The van der Waals surface area contributed by atoms with Gasteiger partial charge < -0.3 is 0 Å². The molecule has 398 valence electrons. The summed E-state index contributed by atoms with van der Waals surface area (Å²) < 4.78 is 0. The predicted molar refractivity (Wildman–Crippen MR) is 356 cm³/mol. The highest BCUT2D eigenvalue weighted by Gasteiger charge is 2.24. The van der Waals surface area contributed by atoms with Crippen molar-refractivity contribution in [3.63, 3.8) is 0 Å². The molecule has 0 bridgehead atoms. The van der Waals surface area contributed by atoms with Crippen molar-refractivity contribution in [2.75, 3.05) is 0 Å². The first kappa shape index (κ1) is 49.2. The quantitative estimate of drug-likeness (QED) is 0.137. The normalized spacial score (nSPS) is 11.7. The lowest BCUT2D eigenvalue weighted by atomic mass is 9.94. The Labute approximate surface area is 498 Å². The van der Waals surface area contributed by atoms with Crippen LogP contribution < -0.4 is 0 Å². The van der Waals surface area contributed by atoms with Gasteiger partial charge in [0.1, 0.15) is 0 Å². The van der Waals surface area contributed by atoms with E-state index in [1.807, 2.05) is 24.5 Å². The highest BCUT2D eigenvalue weighted by atomic mass is 14.9. The first-order valence-electron chi connectivity index (χ1n) is 29.3. The number of aromatic nitrogens is 4. The van der Waals surface area contributed by atoms with E-state index in [1.165, 1.54) is 93.9 Å². The Balaban J connectivity index is 0.647. The third-order valence-corrected chi connectivity index (χ3v) is 17.5. The topological polar surface area (TPSA) is 51.6 Å². The van der Waals surface area contributed by atoms with Crippen LogP contribution in [0.5, 0.6) is 0 Å². The zero-order chi connectivity index (χ0) is 56.7. The molecule has 0 saturated heterocycles. The Kier molecular flexibility index (Phi) is 11.5. The largest absolute Gasteiger partial charge is 0.254 e. The van der Waals surface area contributed by atoms with Gasteiger partial charge in [0.25, 0.3) is 0 Å². The van der Waals surface area contributed by atoms with Gasteiger partial charge in [-0.15, -0.1) is 0 Å². The van der Waals surface area contributed by atoms with Crippen molar-refractivity contribution in [2.45, 2.75) is 0 Å². The van der Waals surface area contributed by atoms with Crippen molar-refractivity contribution < 1.29 is 0 Å². The Morgan fingerprint density at radius 2 is 0.581 bits per heavy atom. The molecule has 3 heterocycles. The number of hydrogen-bond donors (Lipinski definition) is 0. The molecule has 0 unspecified atom stereocenters. The highest BCUT2D eigenvalue weighted by Crippen LogP contribution is 2.50. The van der Waals surface area contributed by atoms with Crippen LogP contribution in [0.1, 0.15) is 0 Å². The zero-order valence-electron chi connectivity index (χ0n) is 46.7. The van der Waals surface area contributed by atoms with Gasteiger partial charge in [0, 0.05) is 40.2 Å². The summed E-state index contributed by atoms with van der Waals surface area (Å²) in [4.78, 5) is 20.5. The van der Waals surface area contributed by atoms with Crippen molar-refractivity contribution in [3.8, 4) is 157 Å². The van der Waals surface area contributed by atoms with Gasteiger partial charge in [-0.3, -0.25) is 9.97 Å². The molecule has 0 saturated carbocycles. The molecule has 12 aromatic carbocycles. The van der Waals surface area contributed by atoms with Gasteiger partial charge in [-0.25, -0.2) is 9.97 Å². The van der Waals surface area contributed by atoms with E-state index in [9.17, 15) is 0 Å². The molecule has 0 atom stereocenters. The van der Waals surface area contributed by atoms with E-state index in [-0.39, 0.29) is 0 Å². The van der Waals surface area contributed by atoms with Crippen LogP contribution in [0.15, 0.2) is 304 Å². The van der Waals surface area contributed by atoms with Gasteiger partial charge in [-0.05, 0) is 164 Å². The van der Waals surface area contributed by atoms with Crippen LogP contribution in [0.3, 0.4) is 0 Å². The minimum atomic E-state index is 0.649. The first-order valence-corrected chi connectivity index (χ1v) is 29.3. The number of fused-ring (bicyclic) bond motifs is 6. The number of benzene rings is 12. The smallest absolute Gasteiger partial charge is 0.160 e. The first-order chi connectivity index (χ1) is 42.6. The van der Waals surface area contributed by atoms with E-state index in [0.29, 0.717) is 5.82 Å². The lowest BCUT2D eigenvalue weighted by Gasteiger charge is -2.12. The summed E-state index contributed by atoms with van der Waals surface area (Å²) in [5.74, 6) is 0.649. The average Bonchev–Trinajstić information content (AvgIpc) is 2.28. The molecule has 0 amide bonds. The molecule has 2 aliphatic rings. The maximum atomic E-state index is 5.28. The molecule has 2 aliphatic carbocycles. The monoisotopic (exact) mass is 1090 g/mol. The standard InChI is InChI=1S/C82H50N4/c1-2-11-51(12-3-1)52-30-36-59(37-31-52)77-49-78(60-38-32-54(33-39-60)53-22-26-56(27-23-53)65-45-62-13-8-19-72-68-15-4-6-17-70(68)74(47-65)79(62)72)86-82(85-77)61-40-34-58(35-41-61)67-21-10-44-83-81(67)76-43-42-64(50-84-76)55-24-28-57(29-25-55)66-46-63-14-9-20-73-69-16-5-7-18-71(69)75(48-66)80(63)73/h1-50H. The lowest BCUT2D eigenvalue weighted by molar-refractivity contribution is 1.18. The number of nitrogens with zero attached hydrogens (tertiary/aromatic N) is 4. The molecular formula is C82H50N4. The van der Waals surface area contributed by atoms with Crippen molar-refractivity contribution in [2.24, 2.45) is 0 Å². The number of pyridine rings is 2. The molecule has 17 rings (SSSR count). The van der Waals surface area contributed by atoms with Gasteiger partial charge in [0.05, 0.1) is 22.8 Å². The molecular weight excluding hydrogens is 1040 g/mol. The Morgan fingerprint density at radius 3 is 1.07 bits per heavy atom. The molecule has 3 aromatic heterocycles. The average molecular weight is 1090 g/mol. The molecule has 0 fully saturated rings. The molecule has 0 aliphatic heterocycles. The van der Waals surface area contributed by atoms with Gasteiger partial charge >= 0.3 is 0 Å². The summed E-state index contributed by atoms with van der Waals surface area (Å²) in [5.41, 5.74) is 30.4. The molecule has 15 aromatic rings. The summed E-state index contributed by atoms with van der Waals surface area (Å²) in [6.45, 7) is 0. The van der Waals surface area contributed by atoms with E-state index in [4.69, 9.17) is 19.9 Å². The second-order valence-electron chi connectivity index (χ2n) is 22.5. The van der Waals surface area contributed by atoms with Crippen LogP contribution in [0, 0.1) is 0 Å². The molecule has 0 radical (unpaired) electrons. The molecule has 86 heavy (non-hydrogen) atoms. The van der Waals surface area contributed by atoms with Gasteiger partial charge in [0.2, 0.25) is 0 Å². The highest BCUT2D eigenvalue weighted by molar-refractivity contribution is 6.17. The van der Waals surface area contributed by atoms with Gasteiger partial charge in [0.15, 0.2) is 5.82 Å². The second-order valence-corrected chi connectivity index (χ2v) is 22.5. The van der Waals surface area contributed by atoms with E-state index in [1.54, 1.807) is 0 Å². The van der Waals surface area contributed by atoms with E-state index < -0.39 is 0 Å². The summed E-state index contributed by atoms with van der Waals surface area (Å²) in [7, 11) is 0. The maximum absolute atomic E-state index is 5.28. The maximum Gasteiger partial charge on any atom is 0.160 e. The minimum absolute atomic E-state index is 0.649. The minimum Gasteiger partial charge on any atom is -0.254 e. The van der Waals surface area contributed by atoms with E-state index in [2.05, 4.69) is 279 Å². The van der Waals surface area contributed by atoms with Crippen molar-refractivity contribution >= 4 is 21.5 Å². The SMILES string of the molecule is c1ccc(-c2ccc(-c3cc(-c4ccc(-c5ccc(-c6cc7c8c(cccc8c6)-c6ccccc6-7)cc5)cc4)nc(-c4ccc(-c5cccnc5-c5ccc(-c6ccc(-c7cc8c9c(cccc9c7)-c7ccccc7-8)cc6)cn5)cc4)n3)cc2)cc1. The van der Waals surface area contributed by atoms with Crippen LogP contribution in [-0.4, -0.2) is 19.9 Å². The fraction of sp³-hybridized carbons (Fsp3) is 0. The fourth-order valence-electron chi connectivity index (χ4n) is 13.2. The third kappa shape index (κ3) is 8.46. The van der Waals surface area contributed by atoms with E-state index in [0.717, 1.165) is 78.4 Å². The third-order valence-electron chi connectivity index (χ3n) is 17.5. The molecule has 0 spiro atoms. The lowest BCUT2D eigenvalue weighted by Crippen LogP contribution is -1.96. The molecule has 4 heteroatoms. The summed E-state index contributed by atoms with van der Waals surface area (Å²) in [5, 5.41) is 5.23. The molecule has 4 nitrogen and oxygen atoms in total. The van der Waals surface area contributed by atoms with Crippen molar-refractivity contribution in [1.82, 2.24) is 19.9 Å². The van der Waals surface area contributed by atoms with Crippen LogP contribution in [-0.2, 0) is 0 Å². The Bertz CT molecular complexity index is 5150.